The minimum Gasteiger partial charge on any atom is -0.461 e. The van der Waals surface area contributed by atoms with Crippen molar-refractivity contribution in [3.05, 3.63) is 100 Å². The molecule has 0 saturated carbocycles. The molecule has 1 fully saturated rings. The molecule has 2 aromatic carbocycles. The normalized spacial score (nSPS) is 18.7. The minimum atomic E-state index is -4.04. The second kappa shape index (κ2) is 10.4. The molecule has 0 aromatic heterocycles. The van der Waals surface area contributed by atoms with E-state index in [2.05, 4.69) is 5.73 Å². The van der Waals surface area contributed by atoms with E-state index in [1.807, 2.05) is 12.1 Å². The van der Waals surface area contributed by atoms with Crippen LogP contribution in [0.1, 0.15) is 46.3 Å². The number of carbonyl (C=O) groups excluding carboxylic acids is 3. The van der Waals surface area contributed by atoms with E-state index in [1.165, 1.54) is 0 Å². The Kier molecular flexibility index (Phi) is 7.06. The average Bonchev–Trinajstić information content (AvgIpc) is 2.88. The first-order chi connectivity index (χ1) is 18.3. The smallest absolute Gasteiger partial charge is 0.356 e. The summed E-state index contributed by atoms with van der Waals surface area (Å²) in [6, 6.07) is 17.9. The Morgan fingerprint density at radius 3 is 2.16 bits per heavy atom. The van der Waals surface area contributed by atoms with Crippen LogP contribution in [0.5, 0.6) is 0 Å². The summed E-state index contributed by atoms with van der Waals surface area (Å²) in [5.41, 5.74) is 2.74. The lowest BCUT2D eigenvalue weighted by Gasteiger charge is -2.45. The molecule has 0 aliphatic carbocycles. The number of sulfone groups is 1. The lowest BCUT2D eigenvalue weighted by atomic mass is 9.95. The summed E-state index contributed by atoms with van der Waals surface area (Å²) in [5.74, 6) is -3.02. The van der Waals surface area contributed by atoms with Crippen LogP contribution in [0.25, 0.3) is 0 Å². The van der Waals surface area contributed by atoms with Crippen molar-refractivity contribution in [2.24, 2.45) is 5.41 Å². The maximum absolute atomic E-state index is 13.8. The molecule has 2 aromatic rings. The van der Waals surface area contributed by atoms with Crippen LogP contribution < -0.4 is 0 Å². The fraction of sp³-hybridized carbons (Fsp3) is 0.310. The predicted octanol–water partition coefficient (Wildman–Crippen LogP) is 3.86. The Hall–Kier alpha value is -3.94. The summed E-state index contributed by atoms with van der Waals surface area (Å²) in [4.78, 5) is 39.4. The second-order valence-corrected chi connectivity index (χ2v) is 12.1. The van der Waals surface area contributed by atoms with Crippen LogP contribution in [0.2, 0.25) is 0 Å². The topological polar surface area (TPSA) is 107 Å². The summed E-state index contributed by atoms with van der Waals surface area (Å²) in [5, 5.41) is -1.50. The Labute approximate surface area is 223 Å². The van der Waals surface area contributed by atoms with Gasteiger partial charge in [0.05, 0.1) is 12.7 Å². The van der Waals surface area contributed by atoms with Crippen molar-refractivity contribution < 1.29 is 33.6 Å². The molecule has 0 N–H and O–H groups in total. The van der Waals surface area contributed by atoms with Gasteiger partial charge in [0.25, 0.3) is 5.91 Å². The largest absolute Gasteiger partial charge is 0.461 e. The quantitative estimate of drug-likeness (QED) is 0.239. The highest BCUT2D eigenvalue weighted by Crippen LogP contribution is 2.41. The third-order valence-corrected chi connectivity index (χ3v) is 7.74. The van der Waals surface area contributed by atoms with Crippen molar-refractivity contribution in [3.8, 4) is 0 Å². The van der Waals surface area contributed by atoms with Gasteiger partial charge in [-0.3, -0.25) is 14.5 Å². The second-order valence-electron chi connectivity index (χ2n) is 10.1. The van der Waals surface area contributed by atoms with E-state index in [1.54, 1.807) is 69.3 Å². The molecule has 0 spiro atoms. The van der Waals surface area contributed by atoms with Gasteiger partial charge >= 0.3 is 11.9 Å². The molecular formula is C29H29NO7S. The van der Waals surface area contributed by atoms with Crippen molar-refractivity contribution in [1.29, 1.82) is 0 Å². The van der Waals surface area contributed by atoms with Gasteiger partial charge in [0.1, 0.15) is 12.3 Å². The summed E-state index contributed by atoms with van der Waals surface area (Å²) in [7, 11) is -4.04. The van der Waals surface area contributed by atoms with Gasteiger partial charge in [-0.2, -0.15) is 0 Å². The molecule has 0 radical (unpaired) electrons. The number of β-lactam (4-membered cyclic amide) rings is 1. The Morgan fingerprint density at radius 1 is 1.11 bits per heavy atom. The van der Waals surface area contributed by atoms with Crippen LogP contribution in [0, 0.1) is 5.41 Å². The molecular weight excluding hydrogens is 506 g/mol. The first kappa shape index (κ1) is 25.7. The highest BCUT2D eigenvalue weighted by atomic mass is 32.2. The van der Waals surface area contributed by atoms with Gasteiger partial charge in [-0.1, -0.05) is 81.4 Å². The molecule has 9 heteroatoms. The summed E-state index contributed by atoms with van der Waals surface area (Å²) >= 11 is 0. The molecule has 4 rings (SSSR count). The summed E-state index contributed by atoms with van der Waals surface area (Å²) < 4.78 is 45.8. The van der Waals surface area contributed by atoms with Crippen LogP contribution >= 0.6 is 0 Å². The van der Waals surface area contributed by atoms with E-state index in [0.29, 0.717) is 11.1 Å². The van der Waals surface area contributed by atoms with Crippen molar-refractivity contribution >= 4 is 27.7 Å². The number of ether oxygens (including phenoxy) is 2. The third-order valence-electron chi connectivity index (χ3n) is 5.87. The SMILES string of the molecule is [2H]C(=C=C1C(=O)N2C(C(=O)OC(c3ccccc3)c3ccccc3)=C(COC(C)=O)CS(=O)(=O)C12)C(C)(C)C. The molecule has 1 amide bonds. The van der Waals surface area contributed by atoms with Crippen LogP contribution in [0.4, 0.5) is 0 Å². The molecule has 0 bridgehead atoms. The molecule has 1 atom stereocenters. The van der Waals surface area contributed by atoms with Gasteiger partial charge in [-0.25, -0.2) is 13.2 Å². The predicted molar refractivity (Wildman–Crippen MR) is 140 cm³/mol. The highest BCUT2D eigenvalue weighted by Gasteiger charge is 2.57. The molecule has 2 aliphatic rings. The number of nitrogens with zero attached hydrogens (tertiary/aromatic N) is 1. The molecule has 38 heavy (non-hydrogen) atoms. The molecule has 1 unspecified atom stereocenters. The van der Waals surface area contributed by atoms with Crippen molar-refractivity contribution in [1.82, 2.24) is 4.90 Å². The lowest BCUT2D eigenvalue weighted by Crippen LogP contribution is -2.62. The van der Waals surface area contributed by atoms with E-state index < -0.39 is 56.9 Å². The van der Waals surface area contributed by atoms with Gasteiger partial charge in [0.2, 0.25) is 0 Å². The molecule has 2 aliphatic heterocycles. The van der Waals surface area contributed by atoms with E-state index in [-0.39, 0.29) is 22.9 Å². The average molecular weight is 537 g/mol. The van der Waals surface area contributed by atoms with E-state index in [0.717, 1.165) is 11.8 Å². The zero-order chi connectivity index (χ0) is 28.5. The first-order valence-corrected chi connectivity index (χ1v) is 13.7. The number of esters is 2. The molecule has 198 valence electrons. The molecule has 2 heterocycles. The van der Waals surface area contributed by atoms with E-state index in [4.69, 9.17) is 10.8 Å². The Balaban J connectivity index is 1.81. The Morgan fingerprint density at radius 2 is 1.66 bits per heavy atom. The number of benzene rings is 2. The van der Waals surface area contributed by atoms with Crippen LogP contribution in [-0.4, -0.2) is 48.9 Å². The van der Waals surface area contributed by atoms with Crippen molar-refractivity contribution in [2.75, 3.05) is 12.4 Å². The van der Waals surface area contributed by atoms with Gasteiger partial charge < -0.3 is 9.47 Å². The fourth-order valence-electron chi connectivity index (χ4n) is 4.18. The Bertz CT molecular complexity index is 1480. The maximum atomic E-state index is 13.8. The van der Waals surface area contributed by atoms with E-state index >= 15 is 0 Å². The first-order valence-electron chi connectivity index (χ1n) is 12.5. The number of hydrogen-bond acceptors (Lipinski definition) is 7. The molecule has 1 saturated heterocycles. The third kappa shape index (κ3) is 5.64. The number of amides is 1. The highest BCUT2D eigenvalue weighted by molar-refractivity contribution is 7.92. The van der Waals surface area contributed by atoms with Gasteiger partial charge in [-0.05, 0) is 22.6 Å². The van der Waals surface area contributed by atoms with Crippen LogP contribution in [0.15, 0.2) is 89.3 Å². The van der Waals surface area contributed by atoms with Gasteiger partial charge in [0.15, 0.2) is 21.3 Å². The number of fused-ring (bicyclic) bond motifs is 1. The zero-order valence-electron chi connectivity index (χ0n) is 22.6. The minimum absolute atomic E-state index is 0.0484. The number of carbonyl (C=O) groups is 3. The van der Waals surface area contributed by atoms with Gasteiger partial charge in [0, 0.05) is 12.5 Å². The van der Waals surface area contributed by atoms with Gasteiger partial charge in [-0.15, -0.1) is 5.73 Å². The summed E-state index contributed by atoms with van der Waals surface area (Å²) in [6.45, 7) is 5.88. The zero-order valence-corrected chi connectivity index (χ0v) is 22.4. The number of hydrogen-bond donors (Lipinski definition) is 0. The monoisotopic (exact) mass is 536 g/mol. The van der Waals surface area contributed by atoms with E-state index in [9.17, 15) is 22.8 Å². The fourth-order valence-corrected chi connectivity index (χ4v) is 6.09. The standard InChI is InChI=1S/C29H29NO7S/c1-19(31)36-17-22-18-38(34,35)27-23(15-16-29(2,3)4)26(32)30(27)24(22)28(33)37-25(20-11-7-5-8-12-20)21-13-9-6-10-14-21/h5-14,16,25,27H,17-18H2,1-4H3/i16D. The van der Waals surface area contributed by atoms with Crippen LogP contribution in [-0.2, 0) is 33.7 Å². The molecule has 8 nitrogen and oxygen atoms in total. The van der Waals surface area contributed by atoms with Crippen molar-refractivity contribution in [3.63, 3.8) is 0 Å². The lowest BCUT2D eigenvalue weighted by molar-refractivity contribution is -0.149. The maximum Gasteiger partial charge on any atom is 0.356 e. The number of rotatable bonds is 6. The van der Waals surface area contributed by atoms with Crippen molar-refractivity contribution in [2.45, 2.75) is 39.2 Å². The van der Waals surface area contributed by atoms with Crippen LogP contribution in [0.3, 0.4) is 0 Å². The summed E-state index contributed by atoms with van der Waals surface area (Å²) in [6.07, 6.45) is -0.855.